The van der Waals surface area contributed by atoms with Gasteiger partial charge in [-0.05, 0) is 36.1 Å². The third kappa shape index (κ3) is 2.66. The number of methoxy groups -OCH3 is 2. The maximum atomic E-state index is 5.28. The largest absolute Gasteiger partial charge is 0.497 e. The summed E-state index contributed by atoms with van der Waals surface area (Å²) < 4.78 is 10.4. The number of benzene rings is 1. The number of hydrogen-bond acceptors (Lipinski definition) is 2. The minimum atomic E-state index is 0.877. The summed E-state index contributed by atoms with van der Waals surface area (Å²) in [6.45, 7) is 4.22. The van der Waals surface area contributed by atoms with Gasteiger partial charge in [0.05, 0.1) is 14.2 Å². The van der Waals surface area contributed by atoms with Gasteiger partial charge >= 0.3 is 0 Å². The second-order valence-electron chi connectivity index (χ2n) is 3.56. The molecule has 1 aromatic rings. The van der Waals surface area contributed by atoms with Gasteiger partial charge in [0, 0.05) is 0 Å². The lowest BCUT2D eigenvalue weighted by Crippen LogP contribution is -1.97. The number of hydrogen-bond donors (Lipinski definition) is 0. The topological polar surface area (TPSA) is 18.5 Å². The molecule has 0 unspecified atom stereocenters. The minimum Gasteiger partial charge on any atom is -0.497 e. The third-order valence-electron chi connectivity index (χ3n) is 2.03. The van der Waals surface area contributed by atoms with Gasteiger partial charge in [-0.1, -0.05) is 13.8 Å². The Hall–Kier alpha value is -1.18. The van der Waals surface area contributed by atoms with Crippen LogP contribution in [0.15, 0.2) is 18.2 Å². The molecule has 14 heavy (non-hydrogen) atoms. The molecule has 0 bridgehead atoms. The molecular weight excluding hydrogens is 176 g/mol. The predicted molar refractivity (Wildman–Crippen MR) is 57.8 cm³/mol. The molecule has 0 atom stereocenters. The van der Waals surface area contributed by atoms with E-state index >= 15 is 0 Å². The molecule has 1 radical (unpaired) electrons. The molecular formula is C12H17O2. The second-order valence-corrected chi connectivity index (χ2v) is 3.56. The van der Waals surface area contributed by atoms with Crippen molar-refractivity contribution in [3.63, 3.8) is 0 Å². The zero-order chi connectivity index (χ0) is 10.6. The lowest BCUT2D eigenvalue weighted by atomic mass is 10.0. The Morgan fingerprint density at radius 3 is 2.36 bits per heavy atom. The van der Waals surface area contributed by atoms with Crippen LogP contribution in [-0.2, 0) is 6.42 Å². The van der Waals surface area contributed by atoms with Crippen molar-refractivity contribution in [2.24, 2.45) is 0 Å². The molecule has 0 saturated carbocycles. The molecule has 0 aliphatic carbocycles. The fourth-order valence-corrected chi connectivity index (χ4v) is 1.40. The van der Waals surface area contributed by atoms with Crippen LogP contribution >= 0.6 is 0 Å². The van der Waals surface area contributed by atoms with Crippen molar-refractivity contribution in [1.82, 2.24) is 0 Å². The Bertz CT molecular complexity index is 292. The molecule has 2 heteroatoms. The highest BCUT2D eigenvalue weighted by atomic mass is 16.5. The Morgan fingerprint density at radius 2 is 1.86 bits per heavy atom. The van der Waals surface area contributed by atoms with Crippen molar-refractivity contribution in [1.29, 1.82) is 0 Å². The van der Waals surface area contributed by atoms with Gasteiger partial charge < -0.3 is 9.47 Å². The minimum absolute atomic E-state index is 0.877. The van der Waals surface area contributed by atoms with Crippen molar-refractivity contribution in [2.75, 3.05) is 14.2 Å². The van der Waals surface area contributed by atoms with E-state index in [4.69, 9.17) is 9.47 Å². The summed E-state index contributed by atoms with van der Waals surface area (Å²) in [6, 6.07) is 5.87. The van der Waals surface area contributed by atoms with Crippen LogP contribution in [0.3, 0.4) is 0 Å². The smallest absolute Gasteiger partial charge is 0.122 e. The number of rotatable bonds is 4. The van der Waals surface area contributed by atoms with Crippen LogP contribution in [0.4, 0.5) is 0 Å². The maximum Gasteiger partial charge on any atom is 0.122 e. The monoisotopic (exact) mass is 193 g/mol. The molecule has 0 aliphatic rings. The summed E-state index contributed by atoms with van der Waals surface area (Å²) in [7, 11) is 3.37. The summed E-state index contributed by atoms with van der Waals surface area (Å²) in [6.07, 6.45) is 0.931. The van der Waals surface area contributed by atoms with Crippen LogP contribution < -0.4 is 9.47 Å². The van der Waals surface area contributed by atoms with Gasteiger partial charge in [0.1, 0.15) is 11.5 Å². The van der Waals surface area contributed by atoms with E-state index in [0.717, 1.165) is 17.9 Å². The van der Waals surface area contributed by atoms with Crippen LogP contribution in [-0.4, -0.2) is 14.2 Å². The van der Waals surface area contributed by atoms with E-state index in [9.17, 15) is 0 Å². The average Bonchev–Trinajstić information content (AvgIpc) is 2.16. The van der Waals surface area contributed by atoms with Gasteiger partial charge in [0.15, 0.2) is 0 Å². The molecule has 77 valence electrons. The highest BCUT2D eigenvalue weighted by Gasteiger charge is 2.06. The molecule has 0 heterocycles. The zero-order valence-corrected chi connectivity index (χ0v) is 9.26. The normalized spacial score (nSPS) is 10.4. The highest BCUT2D eigenvalue weighted by Crippen LogP contribution is 2.26. The highest BCUT2D eigenvalue weighted by molar-refractivity contribution is 5.41. The molecule has 1 rings (SSSR count). The van der Waals surface area contributed by atoms with Gasteiger partial charge in [-0.3, -0.25) is 0 Å². The quantitative estimate of drug-likeness (QED) is 0.732. The zero-order valence-electron chi connectivity index (χ0n) is 9.26. The van der Waals surface area contributed by atoms with Crippen LogP contribution in [0.2, 0.25) is 0 Å². The average molecular weight is 193 g/mol. The van der Waals surface area contributed by atoms with E-state index in [-0.39, 0.29) is 0 Å². The first-order chi connectivity index (χ1) is 6.67. The van der Waals surface area contributed by atoms with E-state index in [0.29, 0.717) is 0 Å². The van der Waals surface area contributed by atoms with Crippen molar-refractivity contribution in [3.05, 3.63) is 29.7 Å². The Labute approximate surface area is 85.8 Å². The van der Waals surface area contributed by atoms with E-state index in [1.807, 2.05) is 18.2 Å². The molecule has 0 N–H and O–H groups in total. The van der Waals surface area contributed by atoms with Crippen molar-refractivity contribution >= 4 is 0 Å². The van der Waals surface area contributed by atoms with Gasteiger partial charge in [0.2, 0.25) is 0 Å². The first-order valence-electron chi connectivity index (χ1n) is 4.67. The van der Waals surface area contributed by atoms with Gasteiger partial charge in [-0.2, -0.15) is 0 Å². The van der Waals surface area contributed by atoms with Crippen LogP contribution in [0.1, 0.15) is 19.4 Å². The SMILES string of the molecule is COc1ccc(OC)c(C[C](C)C)c1. The van der Waals surface area contributed by atoms with E-state index in [1.54, 1.807) is 14.2 Å². The van der Waals surface area contributed by atoms with Crippen molar-refractivity contribution < 1.29 is 9.47 Å². The molecule has 2 nitrogen and oxygen atoms in total. The van der Waals surface area contributed by atoms with Crippen molar-refractivity contribution in [2.45, 2.75) is 20.3 Å². The number of ether oxygens (including phenoxy) is 2. The standard InChI is InChI=1S/C12H17O2/c1-9(2)7-10-8-11(13-3)5-6-12(10)14-4/h5-6,8H,7H2,1-4H3. The lowest BCUT2D eigenvalue weighted by Gasteiger charge is -2.11. The van der Waals surface area contributed by atoms with E-state index in [2.05, 4.69) is 13.8 Å². The first kappa shape index (κ1) is 10.9. The molecule has 0 aliphatic heterocycles. The summed E-state index contributed by atoms with van der Waals surface area (Å²) >= 11 is 0. The summed E-state index contributed by atoms with van der Waals surface area (Å²) in [4.78, 5) is 0. The predicted octanol–water partition coefficient (Wildman–Crippen LogP) is 2.86. The van der Waals surface area contributed by atoms with Gasteiger partial charge in [-0.15, -0.1) is 0 Å². The fourth-order valence-electron chi connectivity index (χ4n) is 1.40. The Balaban J connectivity index is 2.96. The summed E-state index contributed by atoms with van der Waals surface area (Å²) in [5.41, 5.74) is 1.17. The first-order valence-corrected chi connectivity index (χ1v) is 4.67. The van der Waals surface area contributed by atoms with Crippen molar-refractivity contribution in [3.8, 4) is 11.5 Å². The van der Waals surface area contributed by atoms with Crippen LogP contribution in [0.5, 0.6) is 11.5 Å². The third-order valence-corrected chi connectivity index (χ3v) is 2.03. The molecule has 0 aromatic heterocycles. The van der Waals surface area contributed by atoms with E-state index < -0.39 is 0 Å². The van der Waals surface area contributed by atoms with E-state index in [1.165, 1.54) is 11.5 Å². The Kier molecular flexibility index (Phi) is 3.81. The summed E-state index contributed by atoms with van der Waals surface area (Å²) in [5.74, 6) is 3.16. The van der Waals surface area contributed by atoms with Crippen LogP contribution in [0, 0.1) is 5.92 Å². The second kappa shape index (κ2) is 4.89. The van der Waals surface area contributed by atoms with Gasteiger partial charge in [-0.25, -0.2) is 0 Å². The molecule has 1 aromatic carbocycles. The molecule has 0 spiro atoms. The maximum absolute atomic E-state index is 5.28. The summed E-state index contributed by atoms with van der Waals surface area (Å²) in [5, 5.41) is 0. The molecule has 0 saturated heterocycles. The van der Waals surface area contributed by atoms with Gasteiger partial charge in [0.25, 0.3) is 0 Å². The fraction of sp³-hybridized carbons (Fsp3) is 0.417. The lowest BCUT2D eigenvalue weighted by molar-refractivity contribution is 0.399. The Morgan fingerprint density at radius 1 is 1.14 bits per heavy atom. The van der Waals surface area contributed by atoms with Crippen LogP contribution in [0.25, 0.3) is 0 Å². The molecule has 0 amide bonds. The molecule has 0 fully saturated rings.